The van der Waals surface area contributed by atoms with Crippen LogP contribution in [-0.4, -0.2) is 30.1 Å². The van der Waals surface area contributed by atoms with E-state index in [1.807, 2.05) is 0 Å². The summed E-state index contributed by atoms with van der Waals surface area (Å²) in [5.74, 6) is -9.07. The Morgan fingerprint density at radius 1 is 0.650 bits per heavy atom. The van der Waals surface area contributed by atoms with E-state index < -0.39 is 61.8 Å². The molecule has 1 unspecified atom stereocenters. The molecule has 4 nitrogen and oxygen atoms in total. The fourth-order valence-electron chi connectivity index (χ4n) is 3.34. The Balaban J connectivity index is 1.91. The van der Waals surface area contributed by atoms with Crippen LogP contribution in [0.15, 0.2) is 69.6 Å². The molecule has 3 rings (SSSR count). The van der Waals surface area contributed by atoms with Gasteiger partial charge in [-0.1, -0.05) is 6.07 Å². The summed E-state index contributed by atoms with van der Waals surface area (Å²) in [6, 6.07) is 9.72. The van der Waals surface area contributed by atoms with Gasteiger partial charge in [-0.3, -0.25) is 9.59 Å². The van der Waals surface area contributed by atoms with Crippen LogP contribution in [0, 0.1) is 5.82 Å². The van der Waals surface area contributed by atoms with Gasteiger partial charge in [0.25, 0.3) is 11.8 Å². The number of hydrogen-bond acceptors (Lipinski definition) is 2. The van der Waals surface area contributed by atoms with E-state index in [1.54, 1.807) is 0 Å². The molecule has 0 aliphatic heterocycles. The zero-order valence-electron chi connectivity index (χ0n) is 19.1. The summed E-state index contributed by atoms with van der Waals surface area (Å²) in [4.78, 5) is 25.1. The van der Waals surface area contributed by atoms with Crippen LogP contribution in [-0.2, 0) is 5.67 Å². The molecule has 0 saturated carbocycles. The molecule has 2 N–H and O–H groups in total. The number of hydrogen-bond donors (Lipinski definition) is 2. The molecule has 40 heavy (non-hydrogen) atoms. The van der Waals surface area contributed by atoms with Crippen LogP contribution in [0.4, 0.5) is 55.3 Å². The van der Waals surface area contributed by atoms with Gasteiger partial charge < -0.3 is 10.6 Å². The van der Waals surface area contributed by atoms with E-state index in [0.717, 1.165) is 12.1 Å². The highest BCUT2D eigenvalue weighted by atomic mass is 79.9. The van der Waals surface area contributed by atoms with Gasteiger partial charge in [0.05, 0.1) is 5.69 Å². The Bertz CT molecular complexity index is 1420. The first-order valence-electron chi connectivity index (χ1n) is 10.5. The number of nitrogens with one attached hydrogen (secondary N) is 2. The molecule has 16 heteroatoms. The lowest BCUT2D eigenvalue weighted by Gasteiger charge is -2.36. The van der Waals surface area contributed by atoms with Gasteiger partial charge in [-0.2, -0.15) is 35.1 Å². The maximum atomic E-state index is 14.8. The molecule has 3 aromatic rings. The summed E-state index contributed by atoms with van der Waals surface area (Å²) >= 11 is 5.33. The minimum absolute atomic E-state index is 0.0346. The summed E-state index contributed by atoms with van der Waals surface area (Å²) in [6.07, 6.45) is -13.6. The van der Waals surface area contributed by atoms with Crippen LogP contribution in [0.3, 0.4) is 0 Å². The first-order valence-corrected chi connectivity index (χ1v) is 12.1. The van der Waals surface area contributed by atoms with Crippen molar-refractivity contribution in [2.75, 3.05) is 10.6 Å². The van der Waals surface area contributed by atoms with Crippen LogP contribution in [0.25, 0.3) is 0 Å². The Labute approximate surface area is 235 Å². The molecule has 0 saturated heterocycles. The molecule has 0 aromatic heterocycles. The third-order valence-electron chi connectivity index (χ3n) is 5.35. The van der Waals surface area contributed by atoms with Crippen LogP contribution in [0.5, 0.6) is 0 Å². The van der Waals surface area contributed by atoms with Crippen molar-refractivity contribution in [1.82, 2.24) is 0 Å². The topological polar surface area (TPSA) is 58.2 Å². The number of anilines is 2. The summed E-state index contributed by atoms with van der Waals surface area (Å²) in [5.41, 5.74) is -8.67. The fourth-order valence-corrected chi connectivity index (χ4v) is 4.72. The largest absolute Gasteiger partial charge is 0.457 e. The van der Waals surface area contributed by atoms with Gasteiger partial charge in [0, 0.05) is 31.3 Å². The molecule has 0 aliphatic carbocycles. The summed E-state index contributed by atoms with van der Waals surface area (Å²) in [5, 5.41) is 4.65. The minimum Gasteiger partial charge on any atom is -0.322 e. The maximum Gasteiger partial charge on any atom is 0.457 e. The molecular formula is C24H12Br2F10N2O2. The summed E-state index contributed by atoms with van der Waals surface area (Å²) < 4.78 is 133. The monoisotopic (exact) mass is 708 g/mol. The number of carbonyl (C=O) groups is 2. The molecule has 0 aliphatic rings. The lowest BCUT2D eigenvalue weighted by molar-refractivity contribution is -0.389. The third kappa shape index (κ3) is 5.96. The average Bonchev–Trinajstić information content (AvgIpc) is 2.84. The van der Waals surface area contributed by atoms with Gasteiger partial charge in [-0.15, -0.1) is 0 Å². The third-order valence-corrected chi connectivity index (χ3v) is 6.60. The Morgan fingerprint density at radius 2 is 1.18 bits per heavy atom. The smallest absolute Gasteiger partial charge is 0.322 e. The molecule has 0 radical (unpaired) electrons. The quantitative estimate of drug-likeness (QED) is 0.252. The van der Waals surface area contributed by atoms with Crippen LogP contribution in [0.2, 0.25) is 0 Å². The summed E-state index contributed by atoms with van der Waals surface area (Å²) in [7, 11) is 0. The average molecular weight is 710 g/mol. The molecule has 0 heterocycles. The van der Waals surface area contributed by atoms with Crippen molar-refractivity contribution in [3.05, 3.63) is 92.1 Å². The van der Waals surface area contributed by atoms with Crippen molar-refractivity contribution in [2.24, 2.45) is 0 Å². The highest BCUT2D eigenvalue weighted by molar-refractivity contribution is 9.11. The zero-order chi connectivity index (χ0) is 30.3. The van der Waals surface area contributed by atoms with Crippen LogP contribution < -0.4 is 10.6 Å². The SMILES string of the molecule is O=C(Nc1cccc(C(=O)Nc2c(Br)cc(C(F)(C(F)(F)F)C(F)(F)C(F)(F)F)cc2Br)c1)c1ccc(F)cc1. The van der Waals surface area contributed by atoms with Crippen molar-refractivity contribution in [3.63, 3.8) is 0 Å². The molecule has 0 spiro atoms. The van der Waals surface area contributed by atoms with Gasteiger partial charge in [-0.05, 0) is 86.5 Å². The second-order valence-electron chi connectivity index (χ2n) is 8.04. The van der Waals surface area contributed by atoms with Crippen LogP contribution >= 0.6 is 31.9 Å². The predicted octanol–water partition coefficient (Wildman–Crippen LogP) is 8.78. The fraction of sp³-hybridized carbons (Fsp3) is 0.167. The molecule has 0 fully saturated rings. The van der Waals surface area contributed by atoms with E-state index in [-0.39, 0.29) is 28.9 Å². The lowest BCUT2D eigenvalue weighted by Crippen LogP contribution is -2.59. The molecule has 3 aromatic carbocycles. The first kappa shape index (κ1) is 31.4. The number of carbonyl (C=O) groups excluding carboxylic acids is 2. The number of rotatable bonds is 6. The van der Waals surface area contributed by atoms with E-state index in [2.05, 4.69) is 42.5 Å². The zero-order valence-corrected chi connectivity index (χ0v) is 22.3. The maximum absolute atomic E-state index is 14.8. The van der Waals surface area contributed by atoms with E-state index in [0.29, 0.717) is 0 Å². The van der Waals surface area contributed by atoms with E-state index in [4.69, 9.17) is 0 Å². The van der Waals surface area contributed by atoms with Crippen molar-refractivity contribution in [1.29, 1.82) is 0 Å². The molecule has 2 amide bonds. The Kier molecular flexibility index (Phi) is 8.65. The molecule has 214 valence electrons. The minimum atomic E-state index is -6.90. The highest BCUT2D eigenvalue weighted by Gasteiger charge is 2.81. The van der Waals surface area contributed by atoms with Gasteiger partial charge in [0.1, 0.15) is 5.82 Å². The predicted molar refractivity (Wildman–Crippen MR) is 130 cm³/mol. The normalized spacial score (nSPS) is 13.9. The van der Waals surface area contributed by atoms with Gasteiger partial charge >= 0.3 is 23.9 Å². The van der Waals surface area contributed by atoms with E-state index >= 15 is 0 Å². The first-order chi connectivity index (χ1) is 18.3. The molecular weight excluding hydrogens is 698 g/mol. The van der Waals surface area contributed by atoms with Crippen molar-refractivity contribution >= 4 is 55.0 Å². The van der Waals surface area contributed by atoms with Gasteiger partial charge in [0.2, 0.25) is 0 Å². The van der Waals surface area contributed by atoms with E-state index in [9.17, 15) is 53.5 Å². The molecule has 0 bridgehead atoms. The van der Waals surface area contributed by atoms with Crippen molar-refractivity contribution < 1.29 is 53.5 Å². The highest BCUT2D eigenvalue weighted by Crippen LogP contribution is 2.59. The molecule has 1 atom stereocenters. The second-order valence-corrected chi connectivity index (χ2v) is 9.75. The number of benzene rings is 3. The Hall–Kier alpha value is -3.14. The standard InChI is InChI=1S/C24H12Br2F10N2O2/c25-16-9-13(21(28,23(31,32)33)22(29,30)24(34,35)36)10-17(26)18(16)38-20(40)12-2-1-3-15(8-12)37-19(39)11-4-6-14(27)7-5-11/h1-10H,(H,37,39)(H,38,40). The number of alkyl halides is 9. The number of amides is 2. The van der Waals surface area contributed by atoms with Gasteiger partial charge in [0.15, 0.2) is 0 Å². The summed E-state index contributed by atoms with van der Waals surface area (Å²) in [6.45, 7) is 0. The van der Waals surface area contributed by atoms with E-state index in [1.165, 1.54) is 36.4 Å². The second kappa shape index (κ2) is 11.0. The Morgan fingerprint density at radius 3 is 1.68 bits per heavy atom. The van der Waals surface area contributed by atoms with Crippen LogP contribution in [0.1, 0.15) is 26.3 Å². The lowest BCUT2D eigenvalue weighted by atomic mass is 9.87. The van der Waals surface area contributed by atoms with Gasteiger partial charge in [-0.25, -0.2) is 8.78 Å². The van der Waals surface area contributed by atoms with Crippen molar-refractivity contribution in [3.8, 4) is 0 Å². The van der Waals surface area contributed by atoms with Crippen molar-refractivity contribution in [2.45, 2.75) is 23.9 Å². The number of halogens is 12.